The van der Waals surface area contributed by atoms with E-state index in [9.17, 15) is 4.79 Å². The monoisotopic (exact) mass is 204 g/mol. The minimum atomic E-state index is 0.421. The standard InChI is InChI=1S/C14H20O/c1-2-3-7-13-12-8-5-4-6-11(12)9-10-14(13)15/h2,11H,1,3-10H2. The average Bonchev–Trinajstić information content (AvgIpc) is 2.28. The van der Waals surface area contributed by atoms with Crippen LogP contribution in [0.4, 0.5) is 0 Å². The normalized spacial score (nSPS) is 26.4. The fraction of sp³-hybridized carbons (Fsp3) is 0.643. The summed E-state index contributed by atoms with van der Waals surface area (Å²) in [6.07, 6.45) is 10.9. The van der Waals surface area contributed by atoms with Gasteiger partial charge in [0.1, 0.15) is 0 Å². The van der Waals surface area contributed by atoms with Crippen molar-refractivity contribution in [1.82, 2.24) is 0 Å². The third kappa shape index (κ3) is 2.22. The molecule has 1 saturated carbocycles. The topological polar surface area (TPSA) is 17.1 Å². The summed E-state index contributed by atoms with van der Waals surface area (Å²) in [7, 11) is 0. The first kappa shape index (κ1) is 10.7. The van der Waals surface area contributed by atoms with E-state index in [0.29, 0.717) is 5.78 Å². The van der Waals surface area contributed by atoms with Gasteiger partial charge in [-0.15, -0.1) is 6.58 Å². The molecule has 0 aromatic heterocycles. The van der Waals surface area contributed by atoms with Crippen molar-refractivity contribution >= 4 is 5.78 Å². The molecule has 1 atom stereocenters. The van der Waals surface area contributed by atoms with Crippen molar-refractivity contribution < 1.29 is 4.79 Å². The van der Waals surface area contributed by atoms with Crippen LogP contribution in [0.5, 0.6) is 0 Å². The molecule has 0 aliphatic heterocycles. The molecule has 0 saturated heterocycles. The number of fused-ring (bicyclic) bond motifs is 1. The van der Waals surface area contributed by atoms with Gasteiger partial charge in [0.15, 0.2) is 5.78 Å². The summed E-state index contributed by atoms with van der Waals surface area (Å²) in [6.45, 7) is 3.74. The Labute approximate surface area is 92.3 Å². The molecule has 1 nitrogen and oxygen atoms in total. The Hall–Kier alpha value is -0.850. The second-order valence-corrected chi connectivity index (χ2v) is 4.74. The van der Waals surface area contributed by atoms with E-state index in [1.165, 1.54) is 36.8 Å². The fourth-order valence-corrected chi connectivity index (χ4v) is 2.98. The molecule has 2 aliphatic rings. The van der Waals surface area contributed by atoms with Crippen LogP contribution < -0.4 is 0 Å². The van der Waals surface area contributed by atoms with Gasteiger partial charge in [0.05, 0.1) is 0 Å². The van der Waals surface area contributed by atoms with Gasteiger partial charge in [-0.1, -0.05) is 18.1 Å². The number of hydrogen-bond acceptors (Lipinski definition) is 1. The van der Waals surface area contributed by atoms with Crippen molar-refractivity contribution in [2.24, 2.45) is 5.92 Å². The summed E-state index contributed by atoms with van der Waals surface area (Å²) in [4.78, 5) is 11.9. The predicted molar refractivity (Wildman–Crippen MR) is 62.7 cm³/mol. The first-order chi connectivity index (χ1) is 7.33. The van der Waals surface area contributed by atoms with E-state index in [0.717, 1.165) is 31.6 Å². The third-order valence-corrected chi connectivity index (χ3v) is 3.78. The lowest BCUT2D eigenvalue weighted by molar-refractivity contribution is -0.116. The maximum atomic E-state index is 11.9. The molecule has 2 rings (SSSR count). The molecule has 0 amide bonds. The SMILES string of the molecule is C=CCCC1=C2CCCCC2CCC1=O. The summed E-state index contributed by atoms with van der Waals surface area (Å²) >= 11 is 0. The van der Waals surface area contributed by atoms with E-state index in [2.05, 4.69) is 6.58 Å². The summed E-state index contributed by atoms with van der Waals surface area (Å²) in [5.74, 6) is 1.17. The van der Waals surface area contributed by atoms with Gasteiger partial charge in [0, 0.05) is 6.42 Å². The van der Waals surface area contributed by atoms with Gasteiger partial charge in [-0.25, -0.2) is 0 Å². The lowest BCUT2D eigenvalue weighted by atomic mass is 9.73. The van der Waals surface area contributed by atoms with E-state index >= 15 is 0 Å². The van der Waals surface area contributed by atoms with Crippen LogP contribution in [0.1, 0.15) is 51.4 Å². The van der Waals surface area contributed by atoms with Crippen molar-refractivity contribution in [3.05, 3.63) is 23.8 Å². The number of rotatable bonds is 3. The third-order valence-electron chi connectivity index (χ3n) is 3.78. The highest BCUT2D eigenvalue weighted by atomic mass is 16.1. The van der Waals surface area contributed by atoms with Gasteiger partial charge in [0.2, 0.25) is 0 Å². The van der Waals surface area contributed by atoms with Crippen molar-refractivity contribution in [2.45, 2.75) is 51.4 Å². The highest BCUT2D eigenvalue weighted by molar-refractivity contribution is 5.97. The summed E-state index contributed by atoms with van der Waals surface area (Å²) in [6, 6.07) is 0. The molecule has 1 unspecified atom stereocenters. The van der Waals surface area contributed by atoms with Crippen molar-refractivity contribution in [1.29, 1.82) is 0 Å². The van der Waals surface area contributed by atoms with E-state index in [-0.39, 0.29) is 0 Å². The van der Waals surface area contributed by atoms with Crippen LogP contribution in [-0.2, 0) is 4.79 Å². The number of ketones is 1. The Morgan fingerprint density at radius 1 is 1.27 bits per heavy atom. The number of Topliss-reactive ketones (excluding diaryl/α,β-unsaturated/α-hetero) is 1. The average molecular weight is 204 g/mol. The Kier molecular flexibility index (Phi) is 3.40. The van der Waals surface area contributed by atoms with Crippen LogP contribution in [0.2, 0.25) is 0 Å². The summed E-state index contributed by atoms with van der Waals surface area (Å²) in [5, 5.41) is 0. The molecule has 0 radical (unpaired) electrons. The Morgan fingerprint density at radius 2 is 2.13 bits per heavy atom. The van der Waals surface area contributed by atoms with Gasteiger partial charge in [-0.2, -0.15) is 0 Å². The molecule has 0 aromatic carbocycles. The molecule has 82 valence electrons. The van der Waals surface area contributed by atoms with Gasteiger partial charge in [0.25, 0.3) is 0 Å². The van der Waals surface area contributed by atoms with Crippen molar-refractivity contribution in [3.8, 4) is 0 Å². The lowest BCUT2D eigenvalue weighted by Crippen LogP contribution is -2.22. The zero-order valence-corrected chi connectivity index (χ0v) is 9.43. The zero-order valence-electron chi connectivity index (χ0n) is 9.43. The van der Waals surface area contributed by atoms with E-state index in [1.54, 1.807) is 0 Å². The Morgan fingerprint density at radius 3 is 2.93 bits per heavy atom. The van der Waals surface area contributed by atoms with Crippen LogP contribution in [0.25, 0.3) is 0 Å². The first-order valence-electron chi connectivity index (χ1n) is 6.19. The van der Waals surface area contributed by atoms with Crippen LogP contribution in [-0.4, -0.2) is 5.78 Å². The molecule has 0 bridgehead atoms. The minimum Gasteiger partial charge on any atom is -0.295 e. The minimum absolute atomic E-state index is 0.421. The van der Waals surface area contributed by atoms with Crippen LogP contribution in [0.15, 0.2) is 23.8 Å². The largest absolute Gasteiger partial charge is 0.295 e. The first-order valence-corrected chi connectivity index (χ1v) is 6.19. The maximum absolute atomic E-state index is 11.9. The van der Waals surface area contributed by atoms with Gasteiger partial charge in [-0.05, 0) is 50.0 Å². The molecule has 0 heterocycles. The Bertz CT molecular complexity index is 298. The van der Waals surface area contributed by atoms with Gasteiger partial charge in [-0.3, -0.25) is 4.79 Å². The number of allylic oxidation sites excluding steroid dienone is 3. The summed E-state index contributed by atoms with van der Waals surface area (Å²) in [5.41, 5.74) is 2.69. The number of carbonyl (C=O) groups is 1. The predicted octanol–water partition coefficient (Wildman–Crippen LogP) is 3.80. The van der Waals surface area contributed by atoms with Gasteiger partial charge < -0.3 is 0 Å². The molecule has 0 aromatic rings. The Balaban J connectivity index is 2.20. The summed E-state index contributed by atoms with van der Waals surface area (Å²) < 4.78 is 0. The fourth-order valence-electron chi connectivity index (χ4n) is 2.98. The molecule has 1 heteroatoms. The molecule has 15 heavy (non-hydrogen) atoms. The second kappa shape index (κ2) is 4.78. The smallest absolute Gasteiger partial charge is 0.158 e. The molecule has 2 aliphatic carbocycles. The highest BCUT2D eigenvalue weighted by Crippen LogP contribution is 2.39. The zero-order chi connectivity index (χ0) is 10.7. The van der Waals surface area contributed by atoms with Crippen LogP contribution in [0, 0.1) is 5.92 Å². The molecule has 0 spiro atoms. The lowest BCUT2D eigenvalue weighted by Gasteiger charge is -2.31. The van der Waals surface area contributed by atoms with Gasteiger partial charge >= 0.3 is 0 Å². The molecular weight excluding hydrogens is 184 g/mol. The van der Waals surface area contributed by atoms with E-state index < -0.39 is 0 Å². The molecule has 1 fully saturated rings. The maximum Gasteiger partial charge on any atom is 0.158 e. The van der Waals surface area contributed by atoms with Crippen molar-refractivity contribution in [2.75, 3.05) is 0 Å². The highest BCUT2D eigenvalue weighted by Gasteiger charge is 2.29. The van der Waals surface area contributed by atoms with E-state index in [1.807, 2.05) is 6.08 Å². The number of hydrogen-bond donors (Lipinski definition) is 0. The quantitative estimate of drug-likeness (QED) is 0.639. The second-order valence-electron chi connectivity index (χ2n) is 4.74. The van der Waals surface area contributed by atoms with E-state index in [4.69, 9.17) is 0 Å². The van der Waals surface area contributed by atoms with Crippen LogP contribution >= 0.6 is 0 Å². The van der Waals surface area contributed by atoms with Crippen molar-refractivity contribution in [3.63, 3.8) is 0 Å². The molecular formula is C14H20O. The molecule has 0 N–H and O–H groups in total. The number of carbonyl (C=O) groups excluding carboxylic acids is 1. The van der Waals surface area contributed by atoms with Crippen LogP contribution in [0.3, 0.4) is 0 Å².